The minimum atomic E-state index is -0.308. The monoisotopic (exact) mass is 417 g/mol. The number of hydrogen-bond acceptors (Lipinski definition) is 3. The molecule has 0 aliphatic heterocycles. The average Bonchev–Trinajstić information content (AvgIpc) is 3.31. The van der Waals surface area contributed by atoms with Crippen molar-refractivity contribution in [1.82, 2.24) is 14.5 Å². The predicted octanol–water partition coefficient (Wildman–Crippen LogP) is 5.10. The second-order valence-corrected chi connectivity index (χ2v) is 8.68. The van der Waals surface area contributed by atoms with Crippen LogP contribution in [-0.2, 0) is 4.79 Å². The van der Waals surface area contributed by atoms with Gasteiger partial charge in [-0.05, 0) is 75.9 Å². The van der Waals surface area contributed by atoms with Crippen molar-refractivity contribution in [2.45, 2.75) is 59.4 Å². The van der Waals surface area contributed by atoms with Gasteiger partial charge in [0, 0.05) is 12.5 Å². The maximum absolute atomic E-state index is 13.6. The predicted molar refractivity (Wildman–Crippen MR) is 125 cm³/mol. The van der Waals surface area contributed by atoms with Gasteiger partial charge in [-0.25, -0.2) is 4.98 Å². The first-order chi connectivity index (χ1) is 14.9. The molecule has 0 spiro atoms. The highest BCUT2D eigenvalue weighted by atomic mass is 16.2. The first-order valence-electron chi connectivity index (χ1n) is 11.3. The standard InChI is InChI=1S/C26H31N3O2/c1-5-28(25(30)20-10-6-7-11-20)19(4)24-27-23-13-9-8-12-22(23)26(31)29(24)21-15-14-17(2)18(3)16-21/h8-9,12-16,19-20H,5-7,10-11H2,1-4H3. The number of benzene rings is 2. The zero-order valence-electron chi connectivity index (χ0n) is 18.9. The van der Waals surface area contributed by atoms with Crippen LogP contribution in [0.15, 0.2) is 47.3 Å². The Balaban J connectivity index is 1.90. The quantitative estimate of drug-likeness (QED) is 0.580. The SMILES string of the molecule is CCN(C(=O)C1CCCC1)C(C)c1nc2ccccc2c(=O)n1-c1ccc(C)c(C)c1. The largest absolute Gasteiger partial charge is 0.333 e. The van der Waals surface area contributed by atoms with Crippen LogP contribution >= 0.6 is 0 Å². The second kappa shape index (κ2) is 8.66. The summed E-state index contributed by atoms with van der Waals surface area (Å²) in [6.07, 6.45) is 4.14. The molecule has 0 saturated heterocycles. The summed E-state index contributed by atoms with van der Waals surface area (Å²) in [7, 11) is 0. The number of carbonyl (C=O) groups is 1. The molecule has 0 N–H and O–H groups in total. The fraction of sp³-hybridized carbons (Fsp3) is 0.423. The molecule has 1 aliphatic rings. The molecule has 1 atom stereocenters. The number of aryl methyl sites for hydroxylation is 2. The van der Waals surface area contributed by atoms with Crippen molar-refractivity contribution < 1.29 is 4.79 Å². The number of para-hydroxylation sites is 1. The van der Waals surface area contributed by atoms with E-state index in [1.54, 1.807) is 4.57 Å². The third-order valence-corrected chi connectivity index (χ3v) is 6.72. The van der Waals surface area contributed by atoms with E-state index in [2.05, 4.69) is 6.92 Å². The molecule has 0 radical (unpaired) electrons. The summed E-state index contributed by atoms with van der Waals surface area (Å²) >= 11 is 0. The van der Waals surface area contributed by atoms with Crippen LogP contribution in [0.1, 0.15) is 62.5 Å². The number of fused-ring (bicyclic) bond motifs is 1. The van der Waals surface area contributed by atoms with Gasteiger partial charge in [0.05, 0.1) is 22.6 Å². The van der Waals surface area contributed by atoms with Gasteiger partial charge in [-0.3, -0.25) is 14.2 Å². The van der Waals surface area contributed by atoms with E-state index in [1.807, 2.05) is 68.1 Å². The molecule has 2 aromatic carbocycles. The lowest BCUT2D eigenvalue weighted by atomic mass is 10.0. The number of hydrogen-bond donors (Lipinski definition) is 0. The third kappa shape index (κ3) is 3.89. The number of amides is 1. The van der Waals surface area contributed by atoms with Crippen molar-refractivity contribution in [2.24, 2.45) is 5.92 Å². The Morgan fingerprint density at radius 1 is 1.13 bits per heavy atom. The Bertz CT molecular complexity index is 1170. The van der Waals surface area contributed by atoms with Gasteiger partial charge in [-0.2, -0.15) is 0 Å². The first kappa shape index (κ1) is 21.3. The van der Waals surface area contributed by atoms with Crippen LogP contribution in [0.4, 0.5) is 0 Å². The van der Waals surface area contributed by atoms with Gasteiger partial charge in [-0.1, -0.05) is 31.0 Å². The minimum Gasteiger partial charge on any atom is -0.333 e. The van der Waals surface area contributed by atoms with E-state index in [4.69, 9.17) is 4.98 Å². The van der Waals surface area contributed by atoms with Crippen LogP contribution in [0.5, 0.6) is 0 Å². The fourth-order valence-electron chi connectivity index (χ4n) is 4.71. The van der Waals surface area contributed by atoms with Crippen molar-refractivity contribution in [3.63, 3.8) is 0 Å². The molecule has 5 nitrogen and oxygen atoms in total. The van der Waals surface area contributed by atoms with Crippen LogP contribution in [0.2, 0.25) is 0 Å². The van der Waals surface area contributed by atoms with Crippen molar-refractivity contribution in [3.8, 4) is 5.69 Å². The Kier molecular flexibility index (Phi) is 5.94. The molecule has 1 aliphatic carbocycles. The van der Waals surface area contributed by atoms with Crippen LogP contribution in [0, 0.1) is 19.8 Å². The zero-order valence-corrected chi connectivity index (χ0v) is 18.9. The molecule has 1 saturated carbocycles. The summed E-state index contributed by atoms with van der Waals surface area (Å²) in [6, 6.07) is 13.2. The molecule has 1 amide bonds. The third-order valence-electron chi connectivity index (χ3n) is 6.72. The summed E-state index contributed by atoms with van der Waals surface area (Å²) in [5.74, 6) is 0.881. The van der Waals surface area contributed by atoms with Crippen molar-refractivity contribution in [1.29, 1.82) is 0 Å². The normalized spacial score (nSPS) is 15.4. The van der Waals surface area contributed by atoms with Crippen LogP contribution < -0.4 is 5.56 Å². The molecule has 162 valence electrons. The van der Waals surface area contributed by atoms with Gasteiger partial charge < -0.3 is 4.90 Å². The highest BCUT2D eigenvalue weighted by Gasteiger charge is 2.31. The van der Waals surface area contributed by atoms with Crippen molar-refractivity contribution >= 4 is 16.8 Å². The maximum Gasteiger partial charge on any atom is 0.266 e. The molecule has 3 aromatic rings. The summed E-state index contributed by atoms with van der Waals surface area (Å²) < 4.78 is 1.70. The van der Waals surface area contributed by atoms with Gasteiger partial charge in [0.15, 0.2) is 0 Å². The van der Waals surface area contributed by atoms with Gasteiger partial charge in [0.25, 0.3) is 5.56 Å². The molecule has 0 bridgehead atoms. The molecule has 1 unspecified atom stereocenters. The fourth-order valence-corrected chi connectivity index (χ4v) is 4.71. The molecule has 1 aromatic heterocycles. The topological polar surface area (TPSA) is 55.2 Å². The number of rotatable bonds is 5. The lowest BCUT2D eigenvalue weighted by molar-refractivity contribution is -0.137. The number of carbonyl (C=O) groups excluding carboxylic acids is 1. The van der Waals surface area contributed by atoms with E-state index < -0.39 is 0 Å². The first-order valence-corrected chi connectivity index (χ1v) is 11.3. The molecular formula is C26H31N3O2. The van der Waals surface area contributed by atoms with Gasteiger partial charge in [-0.15, -0.1) is 0 Å². The van der Waals surface area contributed by atoms with Crippen LogP contribution in [-0.4, -0.2) is 26.9 Å². The smallest absolute Gasteiger partial charge is 0.266 e. The van der Waals surface area contributed by atoms with Crippen molar-refractivity contribution in [3.05, 3.63) is 69.8 Å². The molecule has 1 heterocycles. The molecule has 5 heteroatoms. The van der Waals surface area contributed by atoms with E-state index in [0.717, 1.165) is 36.9 Å². The number of aromatic nitrogens is 2. The number of nitrogens with zero attached hydrogens (tertiary/aromatic N) is 3. The summed E-state index contributed by atoms with van der Waals surface area (Å²) in [4.78, 5) is 33.7. The summed E-state index contributed by atoms with van der Waals surface area (Å²) in [5, 5.41) is 0.585. The van der Waals surface area contributed by atoms with E-state index >= 15 is 0 Å². The molecule has 31 heavy (non-hydrogen) atoms. The maximum atomic E-state index is 13.6. The molecular weight excluding hydrogens is 386 g/mol. The van der Waals surface area contributed by atoms with E-state index in [0.29, 0.717) is 23.3 Å². The summed E-state index contributed by atoms with van der Waals surface area (Å²) in [5.41, 5.74) is 3.65. The summed E-state index contributed by atoms with van der Waals surface area (Å²) in [6.45, 7) is 8.69. The Labute approximate surface area is 183 Å². The Morgan fingerprint density at radius 3 is 2.52 bits per heavy atom. The lowest BCUT2D eigenvalue weighted by Crippen LogP contribution is -2.40. The van der Waals surface area contributed by atoms with E-state index in [1.165, 1.54) is 5.56 Å². The van der Waals surface area contributed by atoms with Gasteiger partial charge in [0.2, 0.25) is 5.91 Å². The Hall–Kier alpha value is -2.95. The highest BCUT2D eigenvalue weighted by molar-refractivity contribution is 5.80. The van der Waals surface area contributed by atoms with E-state index in [9.17, 15) is 9.59 Å². The second-order valence-electron chi connectivity index (χ2n) is 8.68. The van der Waals surface area contributed by atoms with Gasteiger partial charge >= 0.3 is 0 Å². The van der Waals surface area contributed by atoms with Crippen molar-refractivity contribution in [2.75, 3.05) is 6.54 Å². The van der Waals surface area contributed by atoms with Crippen LogP contribution in [0.3, 0.4) is 0 Å². The lowest BCUT2D eigenvalue weighted by Gasteiger charge is -2.31. The molecule has 4 rings (SSSR count). The zero-order chi connectivity index (χ0) is 22.1. The average molecular weight is 418 g/mol. The van der Waals surface area contributed by atoms with Gasteiger partial charge in [0.1, 0.15) is 5.82 Å². The highest BCUT2D eigenvalue weighted by Crippen LogP contribution is 2.30. The van der Waals surface area contributed by atoms with Crippen LogP contribution in [0.25, 0.3) is 16.6 Å². The molecule has 1 fully saturated rings. The Morgan fingerprint density at radius 2 is 1.84 bits per heavy atom. The minimum absolute atomic E-state index is 0.0876. The van der Waals surface area contributed by atoms with E-state index in [-0.39, 0.29) is 23.4 Å².